The second kappa shape index (κ2) is 7.85. The molecule has 1 saturated carbocycles. The molecule has 3 heteroatoms. The molecule has 3 nitrogen and oxygen atoms in total. The highest BCUT2D eigenvalue weighted by atomic mass is 16.2. The average molecular weight is 314 g/mol. The number of hydrogen-bond acceptors (Lipinski definition) is 2. The summed E-state index contributed by atoms with van der Waals surface area (Å²) in [6.45, 7) is 3.03. The van der Waals surface area contributed by atoms with Crippen LogP contribution in [0.25, 0.3) is 0 Å². The number of rotatable bonds is 6. The van der Waals surface area contributed by atoms with Gasteiger partial charge < -0.3 is 9.80 Å². The van der Waals surface area contributed by atoms with E-state index in [-0.39, 0.29) is 0 Å². The van der Waals surface area contributed by atoms with Crippen LogP contribution in [-0.4, -0.2) is 30.9 Å². The predicted octanol–water partition coefficient (Wildman–Crippen LogP) is 4.22. The van der Waals surface area contributed by atoms with Crippen molar-refractivity contribution in [2.45, 2.75) is 57.9 Å². The number of hydrogen-bond donors (Lipinski definition) is 0. The Bertz CT molecular complexity index is 516. The Kier molecular flexibility index (Phi) is 5.58. The van der Waals surface area contributed by atoms with E-state index >= 15 is 0 Å². The van der Waals surface area contributed by atoms with E-state index < -0.39 is 0 Å². The zero-order valence-electron chi connectivity index (χ0n) is 14.5. The van der Waals surface area contributed by atoms with Gasteiger partial charge in [0.25, 0.3) is 0 Å². The second-order valence-corrected chi connectivity index (χ2v) is 7.26. The molecule has 1 aromatic rings. The van der Waals surface area contributed by atoms with Gasteiger partial charge in [-0.2, -0.15) is 0 Å². The predicted molar refractivity (Wildman–Crippen MR) is 95.6 cm³/mol. The summed E-state index contributed by atoms with van der Waals surface area (Å²) in [5.41, 5.74) is 2.60. The van der Waals surface area contributed by atoms with Gasteiger partial charge in [0, 0.05) is 38.8 Å². The SMILES string of the molecule is CN(Cc1ccccc1N1CCCC1)C(=O)CCC1CCCC1. The number of carbonyl (C=O) groups is 1. The van der Waals surface area contributed by atoms with Crippen LogP contribution in [0, 0.1) is 5.92 Å². The molecule has 1 aliphatic carbocycles. The van der Waals surface area contributed by atoms with Gasteiger partial charge >= 0.3 is 0 Å². The monoisotopic (exact) mass is 314 g/mol. The van der Waals surface area contributed by atoms with Crippen LogP contribution >= 0.6 is 0 Å². The number of carbonyl (C=O) groups excluding carboxylic acids is 1. The number of benzene rings is 1. The Morgan fingerprint density at radius 2 is 1.83 bits per heavy atom. The van der Waals surface area contributed by atoms with Gasteiger partial charge in [-0.3, -0.25) is 4.79 Å². The zero-order valence-corrected chi connectivity index (χ0v) is 14.5. The molecule has 0 spiro atoms. The lowest BCUT2D eigenvalue weighted by Crippen LogP contribution is -2.28. The summed E-state index contributed by atoms with van der Waals surface area (Å²) in [5.74, 6) is 1.09. The molecule has 1 aromatic carbocycles. The first kappa shape index (κ1) is 16.4. The van der Waals surface area contributed by atoms with E-state index in [2.05, 4.69) is 29.2 Å². The fraction of sp³-hybridized carbons (Fsp3) is 0.650. The van der Waals surface area contributed by atoms with Crippen molar-refractivity contribution in [2.75, 3.05) is 25.0 Å². The molecule has 126 valence electrons. The fourth-order valence-electron chi connectivity index (χ4n) is 4.07. The van der Waals surface area contributed by atoms with Gasteiger partial charge in [0.05, 0.1) is 0 Å². The quantitative estimate of drug-likeness (QED) is 0.785. The Balaban J connectivity index is 1.56. The van der Waals surface area contributed by atoms with Crippen molar-refractivity contribution >= 4 is 11.6 Å². The number of nitrogens with zero attached hydrogens (tertiary/aromatic N) is 2. The molecule has 0 N–H and O–H groups in total. The van der Waals surface area contributed by atoms with Gasteiger partial charge in [0.1, 0.15) is 0 Å². The molecule has 0 bridgehead atoms. The first-order valence-electron chi connectivity index (χ1n) is 9.31. The van der Waals surface area contributed by atoms with Crippen molar-refractivity contribution in [2.24, 2.45) is 5.92 Å². The first-order valence-corrected chi connectivity index (χ1v) is 9.31. The molecule has 0 radical (unpaired) electrons. The number of anilines is 1. The van der Waals surface area contributed by atoms with Gasteiger partial charge in [-0.25, -0.2) is 0 Å². The van der Waals surface area contributed by atoms with E-state index in [1.807, 2.05) is 11.9 Å². The summed E-state index contributed by atoms with van der Waals surface area (Å²) >= 11 is 0. The van der Waals surface area contributed by atoms with Gasteiger partial charge in [0.2, 0.25) is 5.91 Å². The normalized spacial score (nSPS) is 18.6. The van der Waals surface area contributed by atoms with E-state index in [1.165, 1.54) is 49.8 Å². The highest BCUT2D eigenvalue weighted by Gasteiger charge is 2.19. The van der Waals surface area contributed by atoms with E-state index in [0.717, 1.165) is 32.0 Å². The molecule has 23 heavy (non-hydrogen) atoms. The van der Waals surface area contributed by atoms with Crippen LogP contribution in [0.5, 0.6) is 0 Å². The topological polar surface area (TPSA) is 23.6 Å². The van der Waals surface area contributed by atoms with Gasteiger partial charge in [-0.15, -0.1) is 0 Å². The lowest BCUT2D eigenvalue weighted by Gasteiger charge is -2.25. The Morgan fingerprint density at radius 3 is 2.57 bits per heavy atom. The fourth-order valence-corrected chi connectivity index (χ4v) is 4.07. The smallest absolute Gasteiger partial charge is 0.222 e. The van der Waals surface area contributed by atoms with Crippen LogP contribution in [0.2, 0.25) is 0 Å². The summed E-state index contributed by atoms with van der Waals surface area (Å²) in [7, 11) is 1.96. The van der Waals surface area contributed by atoms with Crippen molar-refractivity contribution in [3.8, 4) is 0 Å². The highest BCUT2D eigenvalue weighted by molar-refractivity contribution is 5.76. The zero-order chi connectivity index (χ0) is 16.1. The Hall–Kier alpha value is -1.51. The Morgan fingerprint density at radius 1 is 1.13 bits per heavy atom. The third kappa shape index (κ3) is 4.27. The molecule has 1 aliphatic heterocycles. The maximum atomic E-state index is 12.4. The third-order valence-electron chi connectivity index (χ3n) is 5.51. The van der Waals surface area contributed by atoms with Crippen molar-refractivity contribution in [3.05, 3.63) is 29.8 Å². The van der Waals surface area contributed by atoms with E-state index in [1.54, 1.807) is 0 Å². The van der Waals surface area contributed by atoms with E-state index in [0.29, 0.717) is 12.3 Å². The highest BCUT2D eigenvalue weighted by Crippen LogP contribution is 2.29. The largest absolute Gasteiger partial charge is 0.371 e. The molecule has 1 heterocycles. The van der Waals surface area contributed by atoms with Gasteiger partial charge in [-0.05, 0) is 36.8 Å². The molecule has 2 fully saturated rings. The summed E-state index contributed by atoms with van der Waals surface area (Å²) in [5, 5.41) is 0. The molecule has 0 atom stereocenters. The van der Waals surface area contributed by atoms with Crippen LogP contribution in [0.15, 0.2) is 24.3 Å². The average Bonchev–Trinajstić information content (AvgIpc) is 3.26. The molecule has 3 rings (SSSR count). The van der Waals surface area contributed by atoms with Crippen LogP contribution in [-0.2, 0) is 11.3 Å². The second-order valence-electron chi connectivity index (χ2n) is 7.26. The summed E-state index contributed by atoms with van der Waals surface area (Å²) in [6, 6.07) is 8.58. The summed E-state index contributed by atoms with van der Waals surface area (Å²) in [4.78, 5) is 16.8. The number of para-hydroxylation sites is 1. The van der Waals surface area contributed by atoms with Gasteiger partial charge in [-0.1, -0.05) is 43.9 Å². The van der Waals surface area contributed by atoms with Crippen molar-refractivity contribution in [3.63, 3.8) is 0 Å². The van der Waals surface area contributed by atoms with E-state index in [4.69, 9.17) is 0 Å². The summed E-state index contributed by atoms with van der Waals surface area (Å²) in [6.07, 6.45) is 9.73. The molecule has 1 amide bonds. The van der Waals surface area contributed by atoms with Crippen LogP contribution in [0.1, 0.15) is 56.9 Å². The number of amides is 1. The van der Waals surface area contributed by atoms with Crippen LogP contribution in [0.3, 0.4) is 0 Å². The molecule has 0 aromatic heterocycles. The third-order valence-corrected chi connectivity index (χ3v) is 5.51. The van der Waals surface area contributed by atoms with Crippen LogP contribution in [0.4, 0.5) is 5.69 Å². The Labute approximate surface area is 140 Å². The summed E-state index contributed by atoms with van der Waals surface area (Å²) < 4.78 is 0. The minimum atomic E-state index is 0.299. The van der Waals surface area contributed by atoms with Crippen molar-refractivity contribution in [1.82, 2.24) is 4.90 Å². The molecule has 0 unspecified atom stereocenters. The molecular formula is C20H30N2O. The van der Waals surface area contributed by atoms with Crippen LogP contribution < -0.4 is 4.90 Å². The van der Waals surface area contributed by atoms with E-state index in [9.17, 15) is 4.79 Å². The maximum absolute atomic E-state index is 12.4. The molecule has 1 saturated heterocycles. The van der Waals surface area contributed by atoms with Gasteiger partial charge in [0.15, 0.2) is 0 Å². The minimum Gasteiger partial charge on any atom is -0.371 e. The first-order chi connectivity index (χ1) is 11.2. The van der Waals surface area contributed by atoms with Crippen molar-refractivity contribution in [1.29, 1.82) is 0 Å². The lowest BCUT2D eigenvalue weighted by molar-refractivity contribution is -0.130. The maximum Gasteiger partial charge on any atom is 0.222 e. The molecule has 2 aliphatic rings. The molecular weight excluding hydrogens is 284 g/mol. The standard InChI is InChI=1S/C20H30N2O/c1-21(20(23)13-12-17-8-2-3-9-17)16-18-10-4-5-11-19(18)22-14-6-7-15-22/h4-5,10-11,17H,2-3,6-9,12-16H2,1H3. The lowest BCUT2D eigenvalue weighted by atomic mass is 10.0. The minimum absolute atomic E-state index is 0.299. The van der Waals surface area contributed by atoms with Crippen molar-refractivity contribution < 1.29 is 4.79 Å².